The first-order chi connectivity index (χ1) is 9.72. The summed E-state index contributed by atoms with van der Waals surface area (Å²) in [5.74, 6) is -0.482. The number of anilines is 2. The second-order valence-electron chi connectivity index (χ2n) is 4.93. The van der Waals surface area contributed by atoms with Gasteiger partial charge in [0.15, 0.2) is 0 Å². The molecule has 0 saturated heterocycles. The van der Waals surface area contributed by atoms with E-state index in [1.54, 1.807) is 6.20 Å². The number of para-hydroxylation sites is 1. The molecule has 0 amide bonds. The van der Waals surface area contributed by atoms with Crippen LogP contribution in [0.25, 0.3) is 0 Å². The van der Waals surface area contributed by atoms with E-state index in [9.17, 15) is 4.79 Å². The van der Waals surface area contributed by atoms with Crippen molar-refractivity contribution in [2.24, 2.45) is 5.92 Å². The van der Waals surface area contributed by atoms with E-state index >= 15 is 0 Å². The van der Waals surface area contributed by atoms with Crippen LogP contribution in [0.3, 0.4) is 0 Å². The summed E-state index contributed by atoms with van der Waals surface area (Å²) < 4.78 is 0. The maximum absolute atomic E-state index is 11.0. The molecule has 3 rings (SSSR count). The Morgan fingerprint density at radius 1 is 1.30 bits per heavy atom. The lowest BCUT2D eigenvalue weighted by Crippen LogP contribution is -2.23. The molecule has 1 unspecified atom stereocenters. The van der Waals surface area contributed by atoms with Gasteiger partial charge in [-0.05, 0) is 37.0 Å². The summed E-state index contributed by atoms with van der Waals surface area (Å²) in [5, 5.41) is 12.2. The minimum Gasteiger partial charge on any atom is -0.481 e. The van der Waals surface area contributed by atoms with Gasteiger partial charge in [0.05, 0.1) is 5.92 Å². The van der Waals surface area contributed by atoms with Crippen molar-refractivity contribution >= 4 is 17.6 Å². The van der Waals surface area contributed by atoms with Crippen molar-refractivity contribution in [2.75, 3.05) is 5.32 Å². The number of carboxylic acids is 1. The number of nitrogens with zero attached hydrogens (tertiary/aromatic N) is 2. The molecule has 1 aliphatic carbocycles. The summed E-state index contributed by atoms with van der Waals surface area (Å²) in [6.45, 7) is 0. The molecule has 2 N–H and O–H groups in total. The Morgan fingerprint density at radius 3 is 2.85 bits per heavy atom. The Kier molecular flexibility index (Phi) is 3.33. The molecule has 2 aromatic rings. The van der Waals surface area contributed by atoms with E-state index in [4.69, 9.17) is 5.11 Å². The lowest BCUT2D eigenvalue weighted by Gasteiger charge is -2.20. The van der Waals surface area contributed by atoms with Crippen LogP contribution in [0, 0.1) is 5.92 Å². The predicted octanol–water partition coefficient (Wildman–Crippen LogP) is 2.41. The summed E-state index contributed by atoms with van der Waals surface area (Å²) >= 11 is 0. The number of hydrogen-bond acceptors (Lipinski definition) is 4. The summed E-state index contributed by atoms with van der Waals surface area (Å²) in [7, 11) is 0. The van der Waals surface area contributed by atoms with E-state index in [2.05, 4.69) is 15.3 Å². The second-order valence-corrected chi connectivity index (χ2v) is 4.93. The van der Waals surface area contributed by atoms with Crippen LogP contribution >= 0.6 is 0 Å². The van der Waals surface area contributed by atoms with E-state index in [1.165, 1.54) is 0 Å². The van der Waals surface area contributed by atoms with Gasteiger partial charge in [0, 0.05) is 17.6 Å². The largest absolute Gasteiger partial charge is 0.481 e. The van der Waals surface area contributed by atoms with Crippen LogP contribution in [0.5, 0.6) is 0 Å². The van der Waals surface area contributed by atoms with Crippen molar-refractivity contribution in [3.63, 3.8) is 0 Å². The normalized spacial score (nSPS) is 17.3. The highest BCUT2D eigenvalue weighted by molar-refractivity contribution is 5.71. The van der Waals surface area contributed by atoms with Crippen molar-refractivity contribution in [3.05, 3.63) is 47.8 Å². The minimum atomic E-state index is -0.734. The lowest BCUT2D eigenvalue weighted by molar-refractivity contribution is -0.142. The zero-order valence-electron chi connectivity index (χ0n) is 10.9. The lowest BCUT2D eigenvalue weighted by atomic mass is 9.87. The minimum absolute atomic E-state index is 0.306. The predicted molar refractivity (Wildman–Crippen MR) is 74.9 cm³/mol. The third-order valence-corrected chi connectivity index (χ3v) is 3.53. The molecule has 1 aromatic carbocycles. The third kappa shape index (κ3) is 2.61. The summed E-state index contributed by atoms with van der Waals surface area (Å²) in [4.78, 5) is 19.8. The highest BCUT2D eigenvalue weighted by atomic mass is 16.4. The van der Waals surface area contributed by atoms with E-state index in [0.29, 0.717) is 25.2 Å². The van der Waals surface area contributed by atoms with Crippen LogP contribution in [-0.4, -0.2) is 21.0 Å². The Morgan fingerprint density at radius 2 is 2.10 bits per heavy atom. The molecule has 0 saturated carbocycles. The first kappa shape index (κ1) is 12.6. The Bertz CT molecular complexity index is 628. The standard InChI is InChI=1S/C15H15N3O2/c19-14(20)10-6-7-13-11(8-10)9-16-15(18-13)17-12-4-2-1-3-5-12/h1-5,9-10H,6-8H2,(H,19,20)(H,16,17,18). The number of benzene rings is 1. The van der Waals surface area contributed by atoms with Crippen molar-refractivity contribution < 1.29 is 9.90 Å². The van der Waals surface area contributed by atoms with E-state index < -0.39 is 5.97 Å². The second kappa shape index (κ2) is 5.28. The van der Waals surface area contributed by atoms with Crippen LogP contribution < -0.4 is 5.32 Å². The topological polar surface area (TPSA) is 75.1 Å². The smallest absolute Gasteiger partial charge is 0.306 e. The van der Waals surface area contributed by atoms with Gasteiger partial charge >= 0.3 is 5.97 Å². The molecule has 0 spiro atoms. The van der Waals surface area contributed by atoms with Gasteiger partial charge in [0.1, 0.15) is 0 Å². The number of nitrogens with one attached hydrogen (secondary N) is 1. The number of rotatable bonds is 3. The Labute approximate surface area is 116 Å². The number of aryl methyl sites for hydroxylation is 1. The average molecular weight is 269 g/mol. The van der Waals surface area contributed by atoms with E-state index in [0.717, 1.165) is 16.9 Å². The molecule has 102 valence electrons. The highest BCUT2D eigenvalue weighted by Crippen LogP contribution is 2.25. The van der Waals surface area contributed by atoms with Gasteiger partial charge < -0.3 is 10.4 Å². The van der Waals surface area contributed by atoms with E-state index in [-0.39, 0.29) is 5.92 Å². The van der Waals surface area contributed by atoms with Crippen LogP contribution in [-0.2, 0) is 17.6 Å². The first-order valence-electron chi connectivity index (χ1n) is 6.62. The van der Waals surface area contributed by atoms with E-state index in [1.807, 2.05) is 30.3 Å². The summed E-state index contributed by atoms with van der Waals surface area (Å²) in [6, 6.07) is 9.73. The van der Waals surface area contributed by atoms with Gasteiger partial charge in [-0.15, -0.1) is 0 Å². The fourth-order valence-electron chi connectivity index (χ4n) is 2.43. The summed E-state index contributed by atoms with van der Waals surface area (Å²) in [5.41, 5.74) is 2.84. The molecule has 20 heavy (non-hydrogen) atoms. The first-order valence-corrected chi connectivity index (χ1v) is 6.62. The quantitative estimate of drug-likeness (QED) is 0.895. The third-order valence-electron chi connectivity index (χ3n) is 3.53. The number of aliphatic carboxylic acids is 1. The molecule has 1 aliphatic rings. The molecule has 5 nitrogen and oxygen atoms in total. The molecule has 1 heterocycles. The molecule has 0 radical (unpaired) electrons. The highest BCUT2D eigenvalue weighted by Gasteiger charge is 2.25. The molecule has 0 bridgehead atoms. The van der Waals surface area contributed by atoms with Gasteiger partial charge in [0.2, 0.25) is 5.95 Å². The molecular formula is C15H15N3O2. The molecule has 0 fully saturated rings. The average Bonchev–Trinajstić information content (AvgIpc) is 2.47. The number of carboxylic acid groups (broad SMARTS) is 1. The van der Waals surface area contributed by atoms with Crippen molar-refractivity contribution in [2.45, 2.75) is 19.3 Å². The molecule has 0 aliphatic heterocycles. The van der Waals surface area contributed by atoms with Crippen molar-refractivity contribution in [3.8, 4) is 0 Å². The monoisotopic (exact) mass is 269 g/mol. The number of carbonyl (C=O) groups is 1. The zero-order valence-corrected chi connectivity index (χ0v) is 10.9. The molecular weight excluding hydrogens is 254 g/mol. The maximum Gasteiger partial charge on any atom is 0.306 e. The molecule has 1 aromatic heterocycles. The fraction of sp³-hybridized carbons (Fsp3) is 0.267. The van der Waals surface area contributed by atoms with Gasteiger partial charge in [-0.1, -0.05) is 18.2 Å². The van der Waals surface area contributed by atoms with Crippen LogP contribution in [0.2, 0.25) is 0 Å². The van der Waals surface area contributed by atoms with Gasteiger partial charge in [0.25, 0.3) is 0 Å². The van der Waals surface area contributed by atoms with Crippen molar-refractivity contribution in [1.29, 1.82) is 0 Å². The summed E-state index contributed by atoms with van der Waals surface area (Å²) in [6.07, 6.45) is 3.60. The number of aromatic nitrogens is 2. The fourth-order valence-corrected chi connectivity index (χ4v) is 2.43. The van der Waals surface area contributed by atoms with Gasteiger partial charge in [-0.2, -0.15) is 0 Å². The van der Waals surface area contributed by atoms with Crippen molar-refractivity contribution in [1.82, 2.24) is 9.97 Å². The number of fused-ring (bicyclic) bond motifs is 1. The van der Waals surface area contributed by atoms with Crippen LogP contribution in [0.4, 0.5) is 11.6 Å². The van der Waals surface area contributed by atoms with Crippen LogP contribution in [0.15, 0.2) is 36.5 Å². The Balaban J connectivity index is 1.79. The van der Waals surface area contributed by atoms with Gasteiger partial charge in [-0.25, -0.2) is 9.97 Å². The maximum atomic E-state index is 11.0. The zero-order chi connectivity index (χ0) is 13.9. The van der Waals surface area contributed by atoms with Gasteiger partial charge in [-0.3, -0.25) is 4.79 Å². The van der Waals surface area contributed by atoms with Crippen LogP contribution in [0.1, 0.15) is 17.7 Å². The Hall–Kier alpha value is -2.43. The molecule has 5 heteroatoms. The number of hydrogen-bond donors (Lipinski definition) is 2. The SMILES string of the molecule is O=C(O)C1CCc2nc(Nc3ccccc3)ncc2C1. The molecule has 1 atom stereocenters.